The van der Waals surface area contributed by atoms with E-state index >= 15 is 0 Å². The number of nitrogens with one attached hydrogen (secondary N) is 1. The maximum Gasteiger partial charge on any atom is 0.0302 e. The van der Waals surface area contributed by atoms with Crippen LogP contribution in [0, 0.1) is 5.92 Å². The molecule has 0 heterocycles. The van der Waals surface area contributed by atoms with Crippen LogP contribution in [-0.2, 0) is 0 Å². The summed E-state index contributed by atoms with van der Waals surface area (Å²) in [6.07, 6.45) is 0. The first-order chi connectivity index (χ1) is 8.45. The Morgan fingerprint density at radius 2 is 1.89 bits per heavy atom. The van der Waals surface area contributed by atoms with E-state index in [1.807, 2.05) is 11.8 Å². The van der Waals surface area contributed by atoms with Gasteiger partial charge in [0.15, 0.2) is 0 Å². The fraction of sp³-hybridized carbons (Fsp3) is 0.600. The van der Waals surface area contributed by atoms with Gasteiger partial charge in [-0.3, -0.25) is 0 Å². The zero-order chi connectivity index (χ0) is 13.7. The van der Waals surface area contributed by atoms with Gasteiger partial charge in [-0.15, -0.1) is 11.8 Å². The van der Waals surface area contributed by atoms with Gasteiger partial charge in [-0.1, -0.05) is 49.7 Å². The van der Waals surface area contributed by atoms with E-state index in [2.05, 4.69) is 74.1 Å². The van der Waals surface area contributed by atoms with Crippen LogP contribution in [-0.4, -0.2) is 11.8 Å². The summed E-state index contributed by atoms with van der Waals surface area (Å²) in [7, 11) is 0. The molecule has 18 heavy (non-hydrogen) atoms. The van der Waals surface area contributed by atoms with Crippen LogP contribution in [0.1, 0.15) is 46.2 Å². The van der Waals surface area contributed by atoms with Gasteiger partial charge in [0.25, 0.3) is 0 Å². The van der Waals surface area contributed by atoms with E-state index in [1.165, 1.54) is 14.9 Å². The summed E-state index contributed by atoms with van der Waals surface area (Å²) in [5, 5.41) is 4.09. The third kappa shape index (κ3) is 4.60. The van der Waals surface area contributed by atoms with Gasteiger partial charge in [-0.05, 0) is 37.1 Å². The molecular weight excluding hydrogens is 306 g/mol. The van der Waals surface area contributed by atoms with Crippen LogP contribution >= 0.6 is 27.7 Å². The van der Waals surface area contributed by atoms with E-state index in [0.717, 1.165) is 6.54 Å². The smallest absolute Gasteiger partial charge is 0.0302 e. The number of halogens is 1. The minimum absolute atomic E-state index is 0.394. The van der Waals surface area contributed by atoms with Gasteiger partial charge in [0.1, 0.15) is 0 Å². The van der Waals surface area contributed by atoms with Crippen molar-refractivity contribution in [2.45, 2.75) is 50.8 Å². The molecule has 2 unspecified atom stereocenters. The monoisotopic (exact) mass is 329 g/mol. The van der Waals surface area contributed by atoms with E-state index in [1.54, 1.807) is 0 Å². The predicted octanol–water partition coefficient (Wildman–Crippen LogP) is 5.26. The van der Waals surface area contributed by atoms with Gasteiger partial charge in [0.2, 0.25) is 0 Å². The van der Waals surface area contributed by atoms with Gasteiger partial charge >= 0.3 is 0 Å². The molecule has 0 saturated heterocycles. The van der Waals surface area contributed by atoms with Crippen LogP contribution < -0.4 is 5.32 Å². The zero-order valence-corrected chi connectivity index (χ0v) is 14.4. The summed E-state index contributed by atoms with van der Waals surface area (Å²) < 4.78 is 1.21. The lowest BCUT2D eigenvalue weighted by Crippen LogP contribution is -2.18. The highest BCUT2D eigenvalue weighted by atomic mass is 79.9. The van der Waals surface area contributed by atoms with Gasteiger partial charge in [-0.2, -0.15) is 0 Å². The summed E-state index contributed by atoms with van der Waals surface area (Å²) in [6.45, 7) is 12.2. The Balaban J connectivity index is 2.79. The molecule has 0 aromatic heterocycles. The molecule has 2 atom stereocenters. The third-order valence-corrected chi connectivity index (χ3v) is 5.34. The van der Waals surface area contributed by atoms with Crippen molar-refractivity contribution in [1.29, 1.82) is 0 Å². The van der Waals surface area contributed by atoms with Crippen LogP contribution in [0.25, 0.3) is 0 Å². The van der Waals surface area contributed by atoms with E-state index < -0.39 is 0 Å². The average Bonchev–Trinajstić information content (AvgIpc) is 2.29. The van der Waals surface area contributed by atoms with Gasteiger partial charge in [-0.25, -0.2) is 0 Å². The van der Waals surface area contributed by atoms with E-state index in [0.29, 0.717) is 17.2 Å². The molecule has 0 fully saturated rings. The second-order valence-corrected chi connectivity index (χ2v) is 7.33. The minimum Gasteiger partial charge on any atom is -0.310 e. The molecule has 0 bridgehead atoms. The molecule has 1 nitrogen and oxygen atoms in total. The Morgan fingerprint density at radius 1 is 1.22 bits per heavy atom. The number of hydrogen-bond acceptors (Lipinski definition) is 2. The number of benzene rings is 1. The Morgan fingerprint density at radius 3 is 2.39 bits per heavy atom. The minimum atomic E-state index is 0.394. The predicted molar refractivity (Wildman–Crippen MR) is 86.4 cm³/mol. The van der Waals surface area contributed by atoms with Crippen molar-refractivity contribution in [3.8, 4) is 0 Å². The topological polar surface area (TPSA) is 12.0 Å². The van der Waals surface area contributed by atoms with E-state index in [4.69, 9.17) is 0 Å². The second kappa shape index (κ2) is 7.56. The first-order valence-electron chi connectivity index (χ1n) is 6.65. The summed E-state index contributed by atoms with van der Waals surface area (Å²) in [5.41, 5.74) is 1.33. The SMILES string of the molecule is CCNC(C)c1ccc(SC(C)C(C)C)cc1Br. The molecule has 1 rings (SSSR count). The second-order valence-electron chi connectivity index (χ2n) is 5.03. The van der Waals surface area contributed by atoms with Crippen LogP contribution in [0.4, 0.5) is 0 Å². The Bertz CT molecular complexity index is 379. The highest BCUT2D eigenvalue weighted by Crippen LogP contribution is 2.32. The fourth-order valence-electron chi connectivity index (χ4n) is 1.70. The molecule has 0 radical (unpaired) electrons. The van der Waals surface area contributed by atoms with Crippen molar-refractivity contribution >= 4 is 27.7 Å². The molecule has 3 heteroatoms. The lowest BCUT2D eigenvalue weighted by molar-refractivity contribution is 0.595. The molecule has 1 N–H and O–H groups in total. The first-order valence-corrected chi connectivity index (χ1v) is 8.32. The molecule has 0 amide bonds. The molecule has 0 spiro atoms. The highest BCUT2D eigenvalue weighted by Gasteiger charge is 2.12. The van der Waals surface area contributed by atoms with Crippen molar-refractivity contribution in [1.82, 2.24) is 5.32 Å². The van der Waals surface area contributed by atoms with Crippen LogP contribution in [0.3, 0.4) is 0 Å². The number of hydrogen-bond donors (Lipinski definition) is 1. The lowest BCUT2D eigenvalue weighted by atomic mass is 10.1. The Hall–Kier alpha value is 0.01000. The zero-order valence-electron chi connectivity index (χ0n) is 12.0. The van der Waals surface area contributed by atoms with Crippen molar-refractivity contribution in [2.75, 3.05) is 6.54 Å². The van der Waals surface area contributed by atoms with Crippen molar-refractivity contribution in [3.05, 3.63) is 28.2 Å². The molecule has 0 aliphatic carbocycles. The molecule has 0 aliphatic rings. The summed E-state index contributed by atoms with van der Waals surface area (Å²) in [4.78, 5) is 1.34. The quantitative estimate of drug-likeness (QED) is 0.714. The highest BCUT2D eigenvalue weighted by molar-refractivity contribution is 9.10. The normalized spacial score (nSPS) is 14.8. The van der Waals surface area contributed by atoms with Crippen molar-refractivity contribution in [2.24, 2.45) is 5.92 Å². The number of rotatable bonds is 6. The Labute approximate surface area is 124 Å². The largest absolute Gasteiger partial charge is 0.310 e. The first kappa shape index (κ1) is 16.1. The van der Waals surface area contributed by atoms with Crippen LogP contribution in [0.5, 0.6) is 0 Å². The fourth-order valence-corrected chi connectivity index (χ4v) is 3.61. The maximum absolute atomic E-state index is 3.69. The van der Waals surface area contributed by atoms with Crippen molar-refractivity contribution in [3.63, 3.8) is 0 Å². The molecule has 102 valence electrons. The summed E-state index contributed by atoms with van der Waals surface area (Å²) in [6, 6.07) is 7.10. The standard InChI is InChI=1S/C15H24BrNS/c1-6-17-11(4)14-8-7-13(9-15(14)16)18-12(5)10(2)3/h7-12,17H,6H2,1-5H3. The van der Waals surface area contributed by atoms with Crippen LogP contribution in [0.2, 0.25) is 0 Å². The number of thioether (sulfide) groups is 1. The lowest BCUT2D eigenvalue weighted by Gasteiger charge is -2.18. The molecule has 1 aromatic carbocycles. The van der Waals surface area contributed by atoms with Crippen molar-refractivity contribution < 1.29 is 0 Å². The van der Waals surface area contributed by atoms with Gasteiger partial charge < -0.3 is 5.32 Å². The molecular formula is C15H24BrNS. The Kier molecular flexibility index (Phi) is 6.75. The third-order valence-electron chi connectivity index (χ3n) is 3.21. The average molecular weight is 330 g/mol. The van der Waals surface area contributed by atoms with Crippen LogP contribution in [0.15, 0.2) is 27.6 Å². The molecule has 1 aromatic rings. The van der Waals surface area contributed by atoms with Gasteiger partial charge in [0, 0.05) is 20.7 Å². The molecule has 0 aliphatic heterocycles. The molecule has 0 saturated carbocycles. The van der Waals surface area contributed by atoms with E-state index in [-0.39, 0.29) is 0 Å². The summed E-state index contributed by atoms with van der Waals surface area (Å²) >= 11 is 5.64. The summed E-state index contributed by atoms with van der Waals surface area (Å²) in [5.74, 6) is 0.703. The van der Waals surface area contributed by atoms with E-state index in [9.17, 15) is 0 Å². The van der Waals surface area contributed by atoms with Gasteiger partial charge in [0.05, 0.1) is 0 Å². The maximum atomic E-state index is 3.69.